The Balaban J connectivity index is 2.18. The zero-order valence-corrected chi connectivity index (χ0v) is 10.2. The zero-order valence-electron chi connectivity index (χ0n) is 10.2. The standard InChI is InChI=1S/C16H12N2O/c17-16-14-4-2-1-3-11(14)7-10-15(16)12-5-8-13(18-19)9-6-12/h1-10H,17H2. The summed E-state index contributed by atoms with van der Waals surface area (Å²) in [5, 5.41) is 5.06. The molecular formula is C16H12N2O. The van der Waals surface area contributed by atoms with Crippen molar-refractivity contribution in [1.29, 1.82) is 0 Å². The zero-order chi connectivity index (χ0) is 13.2. The predicted molar refractivity (Wildman–Crippen MR) is 79.3 cm³/mol. The van der Waals surface area contributed by atoms with Gasteiger partial charge in [-0.2, -0.15) is 0 Å². The summed E-state index contributed by atoms with van der Waals surface area (Å²) in [7, 11) is 0. The lowest BCUT2D eigenvalue weighted by atomic mass is 9.98. The van der Waals surface area contributed by atoms with Gasteiger partial charge in [0.2, 0.25) is 0 Å². The molecule has 0 aromatic heterocycles. The van der Waals surface area contributed by atoms with Crippen LogP contribution < -0.4 is 5.73 Å². The van der Waals surface area contributed by atoms with Crippen molar-refractivity contribution in [1.82, 2.24) is 0 Å². The summed E-state index contributed by atoms with van der Waals surface area (Å²) in [5.74, 6) is 0. The molecule has 3 aromatic carbocycles. The number of nitrogens with zero attached hydrogens (tertiary/aromatic N) is 1. The highest BCUT2D eigenvalue weighted by molar-refractivity contribution is 6.00. The largest absolute Gasteiger partial charge is 0.398 e. The van der Waals surface area contributed by atoms with Crippen LogP contribution in [0.5, 0.6) is 0 Å². The Kier molecular flexibility index (Phi) is 2.72. The quantitative estimate of drug-likeness (QED) is 0.536. The van der Waals surface area contributed by atoms with Crippen molar-refractivity contribution >= 4 is 22.1 Å². The monoisotopic (exact) mass is 248 g/mol. The smallest absolute Gasteiger partial charge is 0.108 e. The molecule has 0 aliphatic carbocycles. The number of nitroso groups, excluding NO2 is 1. The normalized spacial score (nSPS) is 10.5. The van der Waals surface area contributed by atoms with Crippen LogP contribution in [0.15, 0.2) is 65.8 Å². The molecule has 0 saturated heterocycles. The molecule has 3 nitrogen and oxygen atoms in total. The molecule has 0 atom stereocenters. The first-order chi connectivity index (χ1) is 9.29. The average molecular weight is 248 g/mol. The topological polar surface area (TPSA) is 55.4 Å². The molecule has 0 bridgehead atoms. The highest BCUT2D eigenvalue weighted by atomic mass is 16.3. The van der Waals surface area contributed by atoms with Crippen molar-refractivity contribution < 1.29 is 0 Å². The summed E-state index contributed by atoms with van der Waals surface area (Å²) in [5.41, 5.74) is 9.36. The SMILES string of the molecule is Nc1c(-c2ccc(N=O)cc2)ccc2ccccc12. The Morgan fingerprint density at radius 2 is 1.58 bits per heavy atom. The molecule has 3 aromatic rings. The molecule has 0 radical (unpaired) electrons. The van der Waals surface area contributed by atoms with Gasteiger partial charge in [-0.05, 0) is 28.3 Å². The first-order valence-corrected chi connectivity index (χ1v) is 6.00. The summed E-state index contributed by atoms with van der Waals surface area (Å²) < 4.78 is 0. The fourth-order valence-electron chi connectivity index (χ4n) is 2.25. The molecule has 19 heavy (non-hydrogen) atoms. The highest BCUT2D eigenvalue weighted by Gasteiger charge is 2.06. The maximum atomic E-state index is 10.4. The van der Waals surface area contributed by atoms with Crippen LogP contribution in [0.2, 0.25) is 0 Å². The van der Waals surface area contributed by atoms with E-state index in [0.29, 0.717) is 5.69 Å². The second-order valence-corrected chi connectivity index (χ2v) is 4.39. The molecule has 3 rings (SSSR count). The van der Waals surface area contributed by atoms with Gasteiger partial charge in [0, 0.05) is 16.6 Å². The van der Waals surface area contributed by atoms with Crippen LogP contribution in [-0.2, 0) is 0 Å². The van der Waals surface area contributed by atoms with Crippen molar-refractivity contribution in [2.45, 2.75) is 0 Å². The number of hydrogen-bond acceptors (Lipinski definition) is 3. The fourth-order valence-corrected chi connectivity index (χ4v) is 2.25. The Bertz CT molecular complexity index is 748. The van der Waals surface area contributed by atoms with Gasteiger partial charge in [0.15, 0.2) is 0 Å². The number of fused-ring (bicyclic) bond motifs is 1. The summed E-state index contributed by atoms with van der Waals surface area (Å²) in [6.07, 6.45) is 0. The summed E-state index contributed by atoms with van der Waals surface area (Å²) in [6, 6.07) is 19.2. The summed E-state index contributed by atoms with van der Waals surface area (Å²) >= 11 is 0. The Labute approximate surface area is 110 Å². The Morgan fingerprint density at radius 3 is 2.32 bits per heavy atom. The Hall–Kier alpha value is -2.68. The molecule has 0 amide bonds. The van der Waals surface area contributed by atoms with E-state index in [0.717, 1.165) is 27.6 Å². The number of nitrogen functional groups attached to an aromatic ring is 1. The lowest BCUT2D eigenvalue weighted by molar-refractivity contribution is 1.49. The van der Waals surface area contributed by atoms with Crippen LogP contribution in [0, 0.1) is 4.91 Å². The third-order valence-electron chi connectivity index (χ3n) is 3.25. The molecule has 92 valence electrons. The van der Waals surface area contributed by atoms with Crippen LogP contribution in [0.25, 0.3) is 21.9 Å². The minimum atomic E-state index is 0.420. The highest BCUT2D eigenvalue weighted by Crippen LogP contribution is 2.33. The van der Waals surface area contributed by atoms with Crippen LogP contribution in [0.1, 0.15) is 0 Å². The third-order valence-corrected chi connectivity index (χ3v) is 3.25. The molecule has 2 N–H and O–H groups in total. The minimum absolute atomic E-state index is 0.420. The number of anilines is 1. The number of benzene rings is 3. The van der Waals surface area contributed by atoms with Crippen LogP contribution in [-0.4, -0.2) is 0 Å². The molecular weight excluding hydrogens is 236 g/mol. The van der Waals surface area contributed by atoms with E-state index >= 15 is 0 Å². The maximum absolute atomic E-state index is 10.4. The lowest BCUT2D eigenvalue weighted by Gasteiger charge is -2.09. The van der Waals surface area contributed by atoms with E-state index in [2.05, 4.69) is 5.18 Å². The van der Waals surface area contributed by atoms with Crippen LogP contribution in [0.3, 0.4) is 0 Å². The molecule has 0 unspecified atom stereocenters. The molecule has 0 aliphatic rings. The van der Waals surface area contributed by atoms with E-state index in [4.69, 9.17) is 5.73 Å². The van der Waals surface area contributed by atoms with Gasteiger partial charge in [0.1, 0.15) is 5.69 Å². The van der Waals surface area contributed by atoms with Crippen LogP contribution >= 0.6 is 0 Å². The van der Waals surface area contributed by atoms with Gasteiger partial charge in [-0.15, -0.1) is 4.91 Å². The van der Waals surface area contributed by atoms with E-state index in [9.17, 15) is 4.91 Å². The van der Waals surface area contributed by atoms with Gasteiger partial charge in [0.25, 0.3) is 0 Å². The van der Waals surface area contributed by atoms with Crippen molar-refractivity contribution in [2.24, 2.45) is 5.18 Å². The van der Waals surface area contributed by atoms with Crippen molar-refractivity contribution in [3.63, 3.8) is 0 Å². The van der Waals surface area contributed by atoms with Crippen molar-refractivity contribution in [2.75, 3.05) is 5.73 Å². The Morgan fingerprint density at radius 1 is 0.842 bits per heavy atom. The van der Waals surface area contributed by atoms with Gasteiger partial charge in [-0.25, -0.2) is 0 Å². The second-order valence-electron chi connectivity index (χ2n) is 4.39. The van der Waals surface area contributed by atoms with Crippen molar-refractivity contribution in [3.8, 4) is 11.1 Å². The number of rotatable bonds is 2. The van der Waals surface area contributed by atoms with Gasteiger partial charge in [0.05, 0.1) is 0 Å². The molecule has 0 fully saturated rings. The third kappa shape index (κ3) is 1.95. The molecule has 0 aliphatic heterocycles. The van der Waals surface area contributed by atoms with Gasteiger partial charge in [-0.3, -0.25) is 0 Å². The molecule has 0 heterocycles. The van der Waals surface area contributed by atoms with E-state index in [1.54, 1.807) is 12.1 Å². The summed E-state index contributed by atoms with van der Waals surface area (Å²) in [6.45, 7) is 0. The van der Waals surface area contributed by atoms with Gasteiger partial charge in [-0.1, -0.05) is 48.5 Å². The number of nitrogens with two attached hydrogens (primary N) is 1. The first kappa shape index (κ1) is 11.4. The lowest BCUT2D eigenvalue weighted by Crippen LogP contribution is -1.91. The van der Waals surface area contributed by atoms with Gasteiger partial charge < -0.3 is 5.73 Å². The summed E-state index contributed by atoms with van der Waals surface area (Å²) in [4.78, 5) is 10.4. The first-order valence-electron chi connectivity index (χ1n) is 6.00. The average Bonchev–Trinajstić information content (AvgIpc) is 2.48. The van der Waals surface area contributed by atoms with Crippen molar-refractivity contribution in [3.05, 3.63) is 65.6 Å². The molecule has 0 saturated carbocycles. The second kappa shape index (κ2) is 4.53. The van der Waals surface area contributed by atoms with E-state index in [1.165, 1.54) is 0 Å². The van der Waals surface area contributed by atoms with E-state index in [-0.39, 0.29) is 0 Å². The number of hydrogen-bond donors (Lipinski definition) is 1. The minimum Gasteiger partial charge on any atom is -0.398 e. The van der Waals surface area contributed by atoms with E-state index < -0.39 is 0 Å². The predicted octanol–water partition coefficient (Wildman–Crippen LogP) is 4.49. The van der Waals surface area contributed by atoms with Gasteiger partial charge >= 0.3 is 0 Å². The van der Waals surface area contributed by atoms with Crippen LogP contribution in [0.4, 0.5) is 11.4 Å². The molecule has 0 spiro atoms. The van der Waals surface area contributed by atoms with E-state index in [1.807, 2.05) is 48.5 Å². The molecule has 3 heteroatoms. The fraction of sp³-hybridized carbons (Fsp3) is 0. The maximum Gasteiger partial charge on any atom is 0.108 e.